The highest BCUT2D eigenvalue weighted by atomic mass is 79.9. The minimum absolute atomic E-state index is 0.172. The number of hydrogen-bond acceptors (Lipinski definition) is 1. The van der Waals surface area contributed by atoms with Crippen molar-refractivity contribution in [2.45, 2.75) is 19.3 Å². The molecule has 1 aromatic rings. The van der Waals surface area contributed by atoms with Gasteiger partial charge in [-0.15, -0.1) is 0 Å². The molecule has 0 saturated carbocycles. The van der Waals surface area contributed by atoms with E-state index >= 15 is 0 Å². The molecule has 0 fully saturated rings. The van der Waals surface area contributed by atoms with E-state index < -0.39 is 0 Å². The van der Waals surface area contributed by atoms with Crippen LogP contribution >= 0.6 is 15.9 Å². The van der Waals surface area contributed by atoms with Crippen molar-refractivity contribution < 1.29 is 0 Å². The van der Waals surface area contributed by atoms with Crippen LogP contribution in [0, 0.1) is 0 Å². The maximum Gasteiger partial charge on any atom is 0.253 e. The zero-order chi connectivity index (χ0) is 8.72. The third kappa shape index (κ3) is 1.04. The van der Waals surface area contributed by atoms with Crippen LogP contribution in [0.25, 0.3) is 0 Å². The summed E-state index contributed by atoms with van der Waals surface area (Å²) in [5, 5.41) is 0. The number of fused-ring (bicyclic) bond motifs is 1. The predicted molar refractivity (Wildman–Crippen MR) is 51.4 cm³/mol. The zero-order valence-electron chi connectivity index (χ0n) is 6.93. The zero-order valence-corrected chi connectivity index (χ0v) is 8.52. The van der Waals surface area contributed by atoms with Crippen LogP contribution in [0.4, 0.5) is 0 Å². The Bertz CT molecular complexity index is 381. The van der Waals surface area contributed by atoms with E-state index in [0.29, 0.717) is 0 Å². The fraction of sp³-hybridized carbons (Fsp3) is 0.444. The third-order valence-electron chi connectivity index (χ3n) is 2.39. The summed E-state index contributed by atoms with van der Waals surface area (Å²) in [7, 11) is 1.80. The van der Waals surface area contributed by atoms with E-state index in [1.807, 2.05) is 6.20 Å². The van der Waals surface area contributed by atoms with E-state index in [0.717, 1.165) is 29.3 Å². The van der Waals surface area contributed by atoms with E-state index in [9.17, 15) is 4.79 Å². The number of hydrogen-bond donors (Lipinski definition) is 0. The Balaban J connectivity index is 2.78. The molecule has 0 aromatic carbocycles. The van der Waals surface area contributed by atoms with Crippen molar-refractivity contribution >= 4 is 15.9 Å². The molecule has 0 radical (unpaired) electrons. The minimum Gasteiger partial charge on any atom is -0.317 e. The second-order valence-electron chi connectivity index (χ2n) is 3.20. The lowest BCUT2D eigenvalue weighted by Gasteiger charge is -2.04. The number of pyridine rings is 1. The Morgan fingerprint density at radius 2 is 2.08 bits per heavy atom. The van der Waals surface area contributed by atoms with Gasteiger partial charge in [-0.3, -0.25) is 4.79 Å². The number of aromatic nitrogens is 1. The van der Waals surface area contributed by atoms with E-state index in [-0.39, 0.29) is 5.56 Å². The molecule has 1 aliphatic rings. The van der Waals surface area contributed by atoms with Gasteiger partial charge in [0.1, 0.15) is 0 Å². The van der Waals surface area contributed by atoms with E-state index in [1.165, 1.54) is 5.56 Å². The Morgan fingerprint density at radius 3 is 2.83 bits per heavy atom. The lowest BCUT2D eigenvalue weighted by Crippen LogP contribution is -2.20. The highest BCUT2D eigenvalue weighted by molar-refractivity contribution is 9.10. The first-order chi connectivity index (χ1) is 5.70. The molecule has 2 nitrogen and oxygen atoms in total. The summed E-state index contributed by atoms with van der Waals surface area (Å²) in [4.78, 5) is 11.6. The van der Waals surface area contributed by atoms with Crippen LogP contribution in [-0.4, -0.2) is 4.57 Å². The van der Waals surface area contributed by atoms with Gasteiger partial charge in [0.15, 0.2) is 0 Å². The van der Waals surface area contributed by atoms with Crippen LogP contribution in [0.1, 0.15) is 17.5 Å². The Morgan fingerprint density at radius 1 is 1.42 bits per heavy atom. The molecule has 1 aromatic heterocycles. The van der Waals surface area contributed by atoms with Gasteiger partial charge in [0.25, 0.3) is 5.56 Å². The number of nitrogens with zero attached hydrogens (tertiary/aromatic N) is 1. The van der Waals surface area contributed by atoms with Crippen LogP contribution < -0.4 is 5.56 Å². The first kappa shape index (κ1) is 8.05. The highest BCUT2D eigenvalue weighted by Crippen LogP contribution is 2.25. The molecule has 0 N–H and O–H groups in total. The maximum atomic E-state index is 11.6. The number of halogens is 1. The summed E-state index contributed by atoms with van der Waals surface area (Å²) in [6.07, 6.45) is 4.97. The Labute approximate surface area is 79.3 Å². The SMILES string of the molecule is Cn1cc(Br)c2c(c1=O)CCC2. The molecule has 2 rings (SSSR count). The van der Waals surface area contributed by atoms with Crippen molar-refractivity contribution in [3.8, 4) is 0 Å². The van der Waals surface area contributed by atoms with Gasteiger partial charge >= 0.3 is 0 Å². The monoisotopic (exact) mass is 227 g/mol. The average molecular weight is 228 g/mol. The van der Waals surface area contributed by atoms with Gasteiger partial charge in [-0.2, -0.15) is 0 Å². The van der Waals surface area contributed by atoms with Crippen molar-refractivity contribution in [1.82, 2.24) is 4.57 Å². The Kier molecular flexibility index (Phi) is 1.83. The summed E-state index contributed by atoms with van der Waals surface area (Å²) >= 11 is 3.47. The smallest absolute Gasteiger partial charge is 0.253 e. The third-order valence-corrected chi connectivity index (χ3v) is 3.07. The first-order valence-corrected chi connectivity index (χ1v) is 4.86. The lowest BCUT2D eigenvalue weighted by molar-refractivity contribution is 0.831. The summed E-state index contributed by atoms with van der Waals surface area (Å²) in [5.41, 5.74) is 2.40. The van der Waals surface area contributed by atoms with Gasteiger partial charge in [0.05, 0.1) is 0 Å². The van der Waals surface area contributed by atoms with Crippen LogP contribution in [0.2, 0.25) is 0 Å². The fourth-order valence-corrected chi connectivity index (χ4v) is 2.51. The molecular formula is C9H10BrNO. The summed E-state index contributed by atoms with van der Waals surface area (Å²) in [5.74, 6) is 0. The van der Waals surface area contributed by atoms with Gasteiger partial charge in [0.2, 0.25) is 0 Å². The molecule has 0 bridgehead atoms. The molecule has 0 amide bonds. The number of aryl methyl sites for hydroxylation is 1. The largest absolute Gasteiger partial charge is 0.317 e. The number of rotatable bonds is 0. The topological polar surface area (TPSA) is 22.0 Å². The summed E-state index contributed by atoms with van der Waals surface area (Å²) in [6, 6.07) is 0. The Hall–Kier alpha value is -0.570. The first-order valence-electron chi connectivity index (χ1n) is 4.07. The standard InChI is InChI=1S/C9H10BrNO/c1-11-5-8(10)6-3-2-4-7(6)9(11)12/h5H,2-4H2,1H3. The van der Waals surface area contributed by atoms with Crippen molar-refractivity contribution in [3.05, 3.63) is 32.2 Å². The van der Waals surface area contributed by atoms with E-state index in [1.54, 1.807) is 11.6 Å². The van der Waals surface area contributed by atoms with E-state index in [2.05, 4.69) is 15.9 Å². The lowest BCUT2D eigenvalue weighted by atomic mass is 10.2. The fourth-order valence-electron chi connectivity index (χ4n) is 1.76. The van der Waals surface area contributed by atoms with Crippen molar-refractivity contribution in [2.75, 3.05) is 0 Å². The van der Waals surface area contributed by atoms with Gasteiger partial charge in [-0.25, -0.2) is 0 Å². The average Bonchev–Trinajstić information content (AvgIpc) is 2.48. The molecule has 1 heterocycles. The predicted octanol–water partition coefficient (Wildman–Crippen LogP) is 1.64. The molecule has 3 heteroatoms. The second kappa shape index (κ2) is 2.73. The van der Waals surface area contributed by atoms with Gasteiger partial charge < -0.3 is 4.57 Å². The molecule has 0 atom stereocenters. The minimum atomic E-state index is 0.172. The quantitative estimate of drug-likeness (QED) is 0.661. The maximum absolute atomic E-state index is 11.6. The van der Waals surface area contributed by atoms with Crippen molar-refractivity contribution in [1.29, 1.82) is 0 Å². The summed E-state index contributed by atoms with van der Waals surface area (Å²) in [6.45, 7) is 0. The summed E-state index contributed by atoms with van der Waals surface area (Å²) < 4.78 is 2.73. The molecular weight excluding hydrogens is 218 g/mol. The van der Waals surface area contributed by atoms with Crippen molar-refractivity contribution in [2.24, 2.45) is 7.05 Å². The van der Waals surface area contributed by atoms with E-state index in [4.69, 9.17) is 0 Å². The highest BCUT2D eigenvalue weighted by Gasteiger charge is 2.17. The molecule has 0 spiro atoms. The van der Waals surface area contributed by atoms with Crippen LogP contribution in [-0.2, 0) is 19.9 Å². The molecule has 12 heavy (non-hydrogen) atoms. The van der Waals surface area contributed by atoms with Crippen LogP contribution in [0.3, 0.4) is 0 Å². The normalized spacial score (nSPS) is 14.8. The molecule has 64 valence electrons. The van der Waals surface area contributed by atoms with Gasteiger partial charge in [-0.05, 0) is 40.8 Å². The van der Waals surface area contributed by atoms with Gasteiger partial charge in [-0.1, -0.05) is 0 Å². The second-order valence-corrected chi connectivity index (χ2v) is 4.06. The molecule has 0 aliphatic heterocycles. The van der Waals surface area contributed by atoms with Crippen LogP contribution in [0.5, 0.6) is 0 Å². The van der Waals surface area contributed by atoms with Crippen molar-refractivity contribution in [3.63, 3.8) is 0 Å². The van der Waals surface area contributed by atoms with Gasteiger partial charge in [0, 0.05) is 23.3 Å². The van der Waals surface area contributed by atoms with Crippen LogP contribution in [0.15, 0.2) is 15.5 Å². The molecule has 0 saturated heterocycles. The molecule has 1 aliphatic carbocycles. The molecule has 0 unspecified atom stereocenters.